The highest BCUT2D eigenvalue weighted by atomic mass is 79.9. The van der Waals surface area contributed by atoms with Gasteiger partial charge in [-0.25, -0.2) is 4.98 Å². The van der Waals surface area contributed by atoms with Gasteiger partial charge in [0.15, 0.2) is 0 Å². The van der Waals surface area contributed by atoms with E-state index in [0.717, 1.165) is 27.5 Å². The maximum atomic E-state index is 10.7. The number of imidazole rings is 1. The average molecular weight is 342 g/mol. The third kappa shape index (κ3) is 2.73. The Hall–Kier alpha value is -2.40. The second-order valence-corrected chi connectivity index (χ2v) is 5.35. The first-order chi connectivity index (χ1) is 10.1. The van der Waals surface area contributed by atoms with E-state index in [4.69, 9.17) is 0 Å². The number of carboxylic acid groups (broad SMARTS) is 1. The highest BCUT2D eigenvalue weighted by Crippen LogP contribution is 2.26. The summed E-state index contributed by atoms with van der Waals surface area (Å²) in [7, 11) is 0. The molecule has 0 fully saturated rings. The van der Waals surface area contributed by atoms with Gasteiger partial charge in [0.25, 0.3) is 0 Å². The fourth-order valence-corrected chi connectivity index (χ4v) is 2.41. The van der Waals surface area contributed by atoms with Crippen LogP contribution in [0.25, 0.3) is 23.0 Å². The highest BCUT2D eigenvalue weighted by Gasteiger charge is 2.11. The van der Waals surface area contributed by atoms with E-state index in [1.165, 1.54) is 6.08 Å². The lowest BCUT2D eigenvalue weighted by Crippen LogP contribution is -2.18. The van der Waals surface area contributed by atoms with Gasteiger partial charge in [0.2, 0.25) is 0 Å². The summed E-state index contributed by atoms with van der Waals surface area (Å²) in [6, 6.07) is 13.3. The number of benzene rings is 1. The van der Waals surface area contributed by atoms with Crippen molar-refractivity contribution >= 4 is 33.6 Å². The molecule has 0 N–H and O–H groups in total. The fourth-order valence-electron chi connectivity index (χ4n) is 2.14. The molecule has 21 heavy (non-hydrogen) atoms. The number of rotatable bonds is 3. The summed E-state index contributed by atoms with van der Waals surface area (Å²) < 4.78 is 2.82. The number of halogens is 1. The second kappa shape index (κ2) is 5.54. The van der Waals surface area contributed by atoms with Crippen LogP contribution in [-0.2, 0) is 4.79 Å². The lowest BCUT2D eigenvalue weighted by atomic mass is 10.1. The van der Waals surface area contributed by atoms with Gasteiger partial charge in [-0.05, 0) is 36.4 Å². The fraction of sp³-hybridized carbons (Fsp3) is 0. The van der Waals surface area contributed by atoms with Crippen LogP contribution in [0.3, 0.4) is 0 Å². The van der Waals surface area contributed by atoms with Crippen molar-refractivity contribution in [3.05, 3.63) is 64.9 Å². The molecule has 3 rings (SSSR count). The van der Waals surface area contributed by atoms with Gasteiger partial charge >= 0.3 is 0 Å². The molecule has 0 aliphatic heterocycles. The Morgan fingerprint density at radius 1 is 1.19 bits per heavy atom. The number of fused-ring (bicyclic) bond motifs is 1. The predicted molar refractivity (Wildman–Crippen MR) is 82.4 cm³/mol. The second-order valence-electron chi connectivity index (χ2n) is 4.43. The van der Waals surface area contributed by atoms with Crippen molar-refractivity contribution in [1.29, 1.82) is 0 Å². The molecule has 3 aromatic rings. The van der Waals surface area contributed by atoms with Crippen LogP contribution in [0.15, 0.2) is 59.2 Å². The average Bonchev–Trinajstić information content (AvgIpc) is 2.84. The van der Waals surface area contributed by atoms with E-state index < -0.39 is 5.97 Å². The molecule has 4 nitrogen and oxygen atoms in total. The van der Waals surface area contributed by atoms with E-state index in [-0.39, 0.29) is 0 Å². The molecule has 0 saturated carbocycles. The van der Waals surface area contributed by atoms with Crippen LogP contribution in [0.4, 0.5) is 0 Å². The standard InChI is InChI=1S/C16H11BrN2O2/c17-12-6-4-11(5-7-12)16-13(8-9-15(20)21)19-10-2-1-3-14(19)18-16/h1-10H,(H,20,21)/p-1/b9-8+. The molecule has 5 heteroatoms. The van der Waals surface area contributed by atoms with Crippen LogP contribution >= 0.6 is 15.9 Å². The van der Waals surface area contributed by atoms with E-state index in [2.05, 4.69) is 20.9 Å². The number of aliphatic carboxylic acids is 1. The van der Waals surface area contributed by atoms with Gasteiger partial charge in [-0.15, -0.1) is 0 Å². The summed E-state index contributed by atoms with van der Waals surface area (Å²) >= 11 is 3.40. The van der Waals surface area contributed by atoms with Crippen LogP contribution in [0.5, 0.6) is 0 Å². The molecule has 2 heterocycles. The zero-order valence-electron chi connectivity index (χ0n) is 10.9. The number of hydrogen-bond donors (Lipinski definition) is 0. The number of pyridine rings is 1. The van der Waals surface area contributed by atoms with Crippen molar-refractivity contribution in [3.63, 3.8) is 0 Å². The lowest BCUT2D eigenvalue weighted by molar-refractivity contribution is -0.297. The summed E-state index contributed by atoms with van der Waals surface area (Å²) in [5.41, 5.74) is 3.11. The summed E-state index contributed by atoms with van der Waals surface area (Å²) in [5.74, 6) is -1.23. The predicted octanol–water partition coefficient (Wildman–Crippen LogP) is 2.53. The van der Waals surface area contributed by atoms with E-state index in [1.54, 1.807) is 0 Å². The number of hydrogen-bond acceptors (Lipinski definition) is 3. The molecule has 0 unspecified atom stereocenters. The van der Waals surface area contributed by atoms with Gasteiger partial charge in [-0.2, -0.15) is 0 Å². The number of carboxylic acids is 1. The zero-order chi connectivity index (χ0) is 14.8. The molecule has 0 aliphatic rings. The van der Waals surface area contributed by atoms with E-state index in [9.17, 15) is 9.90 Å². The van der Waals surface area contributed by atoms with Gasteiger partial charge < -0.3 is 9.90 Å². The number of nitrogens with zero attached hydrogens (tertiary/aromatic N) is 2. The van der Waals surface area contributed by atoms with Gasteiger partial charge in [0.1, 0.15) is 5.65 Å². The first-order valence-corrected chi connectivity index (χ1v) is 7.06. The first kappa shape index (κ1) is 13.6. The van der Waals surface area contributed by atoms with Crippen molar-refractivity contribution in [1.82, 2.24) is 9.38 Å². The van der Waals surface area contributed by atoms with Crippen LogP contribution in [-0.4, -0.2) is 15.4 Å². The Labute approximate surface area is 129 Å². The minimum Gasteiger partial charge on any atom is -0.545 e. The van der Waals surface area contributed by atoms with Crippen LogP contribution in [0.1, 0.15) is 5.69 Å². The quantitative estimate of drug-likeness (QED) is 0.688. The largest absolute Gasteiger partial charge is 0.545 e. The zero-order valence-corrected chi connectivity index (χ0v) is 12.4. The Kier molecular flexibility index (Phi) is 3.58. The molecule has 2 aromatic heterocycles. The molecular weight excluding hydrogens is 332 g/mol. The summed E-state index contributed by atoms with van der Waals surface area (Å²) in [5, 5.41) is 10.7. The Bertz CT molecular complexity index is 835. The number of aromatic nitrogens is 2. The van der Waals surface area contributed by atoms with Crippen LogP contribution in [0, 0.1) is 0 Å². The van der Waals surface area contributed by atoms with E-state index >= 15 is 0 Å². The van der Waals surface area contributed by atoms with Gasteiger partial charge in [-0.3, -0.25) is 4.40 Å². The molecule has 0 radical (unpaired) electrons. The minimum absolute atomic E-state index is 0.706. The smallest absolute Gasteiger partial charge is 0.137 e. The van der Waals surface area contributed by atoms with Crippen molar-refractivity contribution in [2.75, 3.05) is 0 Å². The van der Waals surface area contributed by atoms with Gasteiger partial charge in [0, 0.05) is 16.2 Å². The van der Waals surface area contributed by atoms with Gasteiger partial charge in [0.05, 0.1) is 17.4 Å². The van der Waals surface area contributed by atoms with Crippen LogP contribution in [0.2, 0.25) is 0 Å². The minimum atomic E-state index is -1.23. The van der Waals surface area contributed by atoms with Gasteiger partial charge in [-0.1, -0.05) is 34.1 Å². The number of carbonyl (C=O) groups excluding carboxylic acids is 1. The Morgan fingerprint density at radius 2 is 1.95 bits per heavy atom. The summed E-state index contributed by atoms with van der Waals surface area (Å²) in [6.07, 6.45) is 4.37. The molecular formula is C16H10BrN2O2-. The highest BCUT2D eigenvalue weighted by molar-refractivity contribution is 9.10. The maximum absolute atomic E-state index is 10.7. The topological polar surface area (TPSA) is 57.4 Å². The Morgan fingerprint density at radius 3 is 2.67 bits per heavy atom. The molecule has 0 spiro atoms. The van der Waals surface area contributed by atoms with Crippen molar-refractivity contribution in [2.24, 2.45) is 0 Å². The van der Waals surface area contributed by atoms with E-state index in [0.29, 0.717) is 5.69 Å². The lowest BCUT2D eigenvalue weighted by Gasteiger charge is -2.01. The normalized spacial score (nSPS) is 11.3. The first-order valence-electron chi connectivity index (χ1n) is 6.27. The third-order valence-electron chi connectivity index (χ3n) is 3.06. The van der Waals surface area contributed by atoms with E-state index in [1.807, 2.05) is 53.1 Å². The maximum Gasteiger partial charge on any atom is 0.137 e. The molecule has 0 saturated heterocycles. The SMILES string of the molecule is O=C([O-])/C=C/c1c(-c2ccc(Br)cc2)nc2ccccn12. The monoisotopic (exact) mass is 341 g/mol. The summed E-state index contributed by atoms with van der Waals surface area (Å²) in [6.45, 7) is 0. The molecule has 104 valence electrons. The molecule has 0 bridgehead atoms. The Balaban J connectivity index is 2.23. The molecule has 0 aliphatic carbocycles. The van der Waals surface area contributed by atoms with Crippen LogP contribution < -0.4 is 5.11 Å². The van der Waals surface area contributed by atoms with Crippen molar-refractivity contribution in [3.8, 4) is 11.3 Å². The molecule has 0 amide bonds. The molecule has 1 aromatic carbocycles. The van der Waals surface area contributed by atoms with Crippen molar-refractivity contribution in [2.45, 2.75) is 0 Å². The van der Waals surface area contributed by atoms with Crippen molar-refractivity contribution < 1.29 is 9.90 Å². The molecule has 0 atom stereocenters. The third-order valence-corrected chi connectivity index (χ3v) is 3.59. The number of carbonyl (C=O) groups is 1. The summed E-state index contributed by atoms with van der Waals surface area (Å²) in [4.78, 5) is 15.3.